The maximum Gasteiger partial charge on any atom is 0.280 e. The number of carbonyl (C=O) groups is 1. The third kappa shape index (κ3) is 2.49. The van der Waals surface area contributed by atoms with Crippen molar-refractivity contribution in [2.75, 3.05) is 13.2 Å². The fraction of sp³-hybridized carbons (Fsp3) is 0.500. The lowest BCUT2D eigenvalue weighted by atomic mass is 9.60. The molecule has 4 nitrogen and oxygen atoms in total. The summed E-state index contributed by atoms with van der Waals surface area (Å²) in [6, 6.07) is 4.32. The summed E-state index contributed by atoms with van der Waals surface area (Å²) < 4.78 is 5.46. The maximum atomic E-state index is 12.5. The van der Waals surface area contributed by atoms with Crippen LogP contribution >= 0.6 is 22.7 Å². The van der Waals surface area contributed by atoms with E-state index in [2.05, 4.69) is 10.3 Å². The van der Waals surface area contributed by atoms with Crippen molar-refractivity contribution >= 4 is 28.6 Å². The molecule has 6 heteroatoms. The number of hydrogen-bond acceptors (Lipinski definition) is 5. The predicted molar refractivity (Wildman–Crippen MR) is 88.4 cm³/mol. The van der Waals surface area contributed by atoms with E-state index >= 15 is 0 Å². The highest BCUT2D eigenvalue weighted by atomic mass is 32.1. The first kappa shape index (κ1) is 14.4. The topological polar surface area (TPSA) is 51.2 Å². The van der Waals surface area contributed by atoms with E-state index in [0.717, 1.165) is 43.0 Å². The van der Waals surface area contributed by atoms with Gasteiger partial charge in [0.2, 0.25) is 0 Å². The van der Waals surface area contributed by atoms with Crippen molar-refractivity contribution in [1.29, 1.82) is 0 Å². The number of nitrogens with zero attached hydrogens (tertiary/aromatic N) is 1. The van der Waals surface area contributed by atoms with Crippen LogP contribution in [0.2, 0.25) is 0 Å². The van der Waals surface area contributed by atoms with E-state index in [0.29, 0.717) is 5.01 Å². The van der Waals surface area contributed by atoms with Crippen molar-refractivity contribution < 1.29 is 9.53 Å². The minimum absolute atomic E-state index is 0.0247. The highest BCUT2D eigenvalue weighted by Gasteiger charge is 2.48. The first-order chi connectivity index (χ1) is 10.8. The number of hydrogen-bond donors (Lipinski definition) is 1. The Balaban J connectivity index is 1.44. The van der Waals surface area contributed by atoms with E-state index in [9.17, 15) is 4.79 Å². The summed E-state index contributed by atoms with van der Waals surface area (Å²) in [6.07, 6.45) is 4.42. The Morgan fingerprint density at radius 3 is 2.86 bits per heavy atom. The lowest BCUT2D eigenvalue weighted by molar-refractivity contribution is -0.0523. The quantitative estimate of drug-likeness (QED) is 0.934. The summed E-state index contributed by atoms with van der Waals surface area (Å²) in [5.41, 5.74) is 1.18. The van der Waals surface area contributed by atoms with Crippen LogP contribution in [0.25, 0.3) is 10.6 Å². The summed E-state index contributed by atoms with van der Waals surface area (Å²) in [5, 5.41) is 7.77. The molecule has 1 spiro atoms. The normalized spacial score (nSPS) is 23.2. The van der Waals surface area contributed by atoms with Gasteiger partial charge in [0.1, 0.15) is 0 Å². The third-order valence-corrected chi connectivity index (χ3v) is 6.67. The minimum atomic E-state index is -0.0247. The Kier molecular flexibility index (Phi) is 3.76. The number of aromatic nitrogens is 1. The number of thiazole rings is 1. The smallest absolute Gasteiger partial charge is 0.280 e. The van der Waals surface area contributed by atoms with Crippen LogP contribution in [0.3, 0.4) is 0 Å². The fourth-order valence-electron chi connectivity index (χ4n) is 3.43. The predicted octanol–water partition coefficient (Wildman–Crippen LogP) is 3.56. The zero-order valence-corrected chi connectivity index (χ0v) is 13.8. The molecule has 1 saturated carbocycles. The first-order valence-electron chi connectivity index (χ1n) is 7.65. The Bertz CT molecular complexity index is 660. The van der Waals surface area contributed by atoms with Gasteiger partial charge in [-0.25, -0.2) is 4.98 Å². The van der Waals surface area contributed by atoms with E-state index in [4.69, 9.17) is 4.74 Å². The summed E-state index contributed by atoms with van der Waals surface area (Å²) in [5.74, 6) is -0.0247. The monoisotopic (exact) mass is 334 g/mol. The first-order valence-corrected chi connectivity index (χ1v) is 9.41. The zero-order valence-electron chi connectivity index (χ0n) is 12.2. The van der Waals surface area contributed by atoms with Crippen molar-refractivity contribution in [3.05, 3.63) is 27.9 Å². The average Bonchev–Trinajstić information content (AvgIpc) is 3.22. The van der Waals surface area contributed by atoms with Crippen LogP contribution < -0.4 is 5.32 Å². The molecule has 2 aromatic heterocycles. The van der Waals surface area contributed by atoms with E-state index in [1.165, 1.54) is 17.8 Å². The second kappa shape index (κ2) is 5.76. The third-order valence-electron chi connectivity index (χ3n) is 4.94. The summed E-state index contributed by atoms with van der Waals surface area (Å²) in [6.45, 7) is 1.65. The van der Waals surface area contributed by atoms with E-state index in [1.807, 2.05) is 22.9 Å². The summed E-state index contributed by atoms with van der Waals surface area (Å²) >= 11 is 3.07. The van der Waals surface area contributed by atoms with Gasteiger partial charge >= 0.3 is 0 Å². The number of carbonyl (C=O) groups excluding carboxylic acids is 1. The zero-order chi connectivity index (χ0) is 15.0. The molecular weight excluding hydrogens is 316 g/mol. The summed E-state index contributed by atoms with van der Waals surface area (Å²) in [4.78, 5) is 18.1. The highest BCUT2D eigenvalue weighted by Crippen LogP contribution is 2.48. The average molecular weight is 334 g/mol. The largest absolute Gasteiger partial charge is 0.381 e. The van der Waals surface area contributed by atoms with Gasteiger partial charge < -0.3 is 10.1 Å². The molecule has 1 saturated heterocycles. The molecule has 116 valence electrons. The van der Waals surface area contributed by atoms with Gasteiger partial charge in [-0.15, -0.1) is 22.7 Å². The molecule has 1 aliphatic carbocycles. The fourth-order valence-corrected chi connectivity index (χ4v) is 4.91. The van der Waals surface area contributed by atoms with Crippen LogP contribution in [-0.4, -0.2) is 30.1 Å². The molecule has 0 bridgehead atoms. The molecule has 1 atom stereocenters. The lowest BCUT2D eigenvalue weighted by Gasteiger charge is -2.51. The molecule has 3 heterocycles. The van der Waals surface area contributed by atoms with Crippen LogP contribution in [-0.2, 0) is 4.74 Å². The number of thiophene rings is 1. The van der Waals surface area contributed by atoms with Crippen molar-refractivity contribution in [2.45, 2.75) is 31.7 Å². The number of amides is 1. The van der Waals surface area contributed by atoms with Gasteiger partial charge in [0, 0.05) is 24.6 Å². The molecule has 1 amide bonds. The SMILES string of the molecule is O=C(NC1CCC12CCOCC2)c1nc(-c2cccs2)cs1. The van der Waals surface area contributed by atoms with Gasteiger partial charge in [0.15, 0.2) is 5.01 Å². The Labute approximate surface area is 137 Å². The molecule has 1 aliphatic heterocycles. The molecule has 2 aliphatic rings. The van der Waals surface area contributed by atoms with Crippen molar-refractivity contribution in [2.24, 2.45) is 5.41 Å². The standard InChI is InChI=1S/C16H18N2O2S2/c19-14(15-17-11(10-22-15)12-2-1-9-21-12)18-13-3-4-16(13)5-7-20-8-6-16/h1-2,9-10,13H,3-8H2,(H,18,19). The highest BCUT2D eigenvalue weighted by molar-refractivity contribution is 7.15. The second-order valence-corrected chi connectivity index (χ2v) is 7.86. The van der Waals surface area contributed by atoms with Crippen molar-refractivity contribution in [1.82, 2.24) is 10.3 Å². The Hall–Kier alpha value is -1.24. The molecule has 2 aromatic rings. The van der Waals surface area contributed by atoms with Gasteiger partial charge in [0.25, 0.3) is 5.91 Å². The molecule has 0 aromatic carbocycles. The number of nitrogens with one attached hydrogen (secondary N) is 1. The maximum absolute atomic E-state index is 12.5. The molecule has 0 radical (unpaired) electrons. The van der Waals surface area contributed by atoms with E-state index < -0.39 is 0 Å². The number of ether oxygens (including phenoxy) is 1. The van der Waals surface area contributed by atoms with Gasteiger partial charge in [-0.05, 0) is 42.5 Å². The van der Waals surface area contributed by atoms with Gasteiger partial charge in [0.05, 0.1) is 10.6 Å². The molecular formula is C16H18N2O2S2. The van der Waals surface area contributed by atoms with Crippen LogP contribution in [0.1, 0.15) is 35.5 Å². The lowest BCUT2D eigenvalue weighted by Crippen LogP contribution is -2.57. The van der Waals surface area contributed by atoms with Crippen LogP contribution in [0.4, 0.5) is 0 Å². The molecule has 22 heavy (non-hydrogen) atoms. The van der Waals surface area contributed by atoms with Gasteiger partial charge in [-0.3, -0.25) is 4.79 Å². The number of rotatable bonds is 3. The Morgan fingerprint density at radius 1 is 1.32 bits per heavy atom. The van der Waals surface area contributed by atoms with Crippen LogP contribution in [0, 0.1) is 5.41 Å². The molecule has 1 N–H and O–H groups in total. The van der Waals surface area contributed by atoms with Crippen LogP contribution in [0.15, 0.2) is 22.9 Å². The van der Waals surface area contributed by atoms with E-state index in [1.54, 1.807) is 11.3 Å². The molecule has 2 fully saturated rings. The van der Waals surface area contributed by atoms with Crippen molar-refractivity contribution in [3.8, 4) is 10.6 Å². The second-order valence-electron chi connectivity index (χ2n) is 6.05. The van der Waals surface area contributed by atoms with Crippen molar-refractivity contribution in [3.63, 3.8) is 0 Å². The van der Waals surface area contributed by atoms with Gasteiger partial charge in [-0.2, -0.15) is 0 Å². The Morgan fingerprint density at radius 2 is 2.18 bits per heavy atom. The van der Waals surface area contributed by atoms with Gasteiger partial charge in [-0.1, -0.05) is 6.07 Å². The molecule has 4 rings (SSSR count). The minimum Gasteiger partial charge on any atom is -0.381 e. The molecule has 1 unspecified atom stereocenters. The summed E-state index contributed by atoms with van der Waals surface area (Å²) in [7, 11) is 0. The van der Waals surface area contributed by atoms with E-state index in [-0.39, 0.29) is 17.4 Å². The van der Waals surface area contributed by atoms with Crippen LogP contribution in [0.5, 0.6) is 0 Å².